The smallest absolute Gasteiger partial charge is 0.237 e. The van der Waals surface area contributed by atoms with Crippen LogP contribution in [0, 0.1) is 0 Å². The molecule has 0 saturated carbocycles. The molecule has 2 aromatic rings. The number of carbonyl (C=O) groups is 1. The molecule has 1 aromatic carbocycles. The van der Waals surface area contributed by atoms with Gasteiger partial charge in [0.25, 0.3) is 0 Å². The Hall–Kier alpha value is -2.44. The minimum Gasteiger partial charge on any atom is -0.396 e. The first kappa shape index (κ1) is 19.5. The molecule has 30 heavy (non-hydrogen) atoms. The Bertz CT molecular complexity index is 1030. The highest BCUT2D eigenvalue weighted by Crippen LogP contribution is 2.51. The monoisotopic (exact) mass is 407 g/mol. The van der Waals surface area contributed by atoms with E-state index in [1.165, 1.54) is 27.8 Å². The number of aromatic nitrogens is 2. The van der Waals surface area contributed by atoms with Gasteiger partial charge >= 0.3 is 0 Å². The quantitative estimate of drug-likeness (QED) is 0.687. The summed E-state index contributed by atoms with van der Waals surface area (Å²) in [4.78, 5) is 15.4. The molecular weight excluding hydrogens is 378 g/mol. The zero-order valence-corrected chi connectivity index (χ0v) is 17.5. The highest BCUT2D eigenvalue weighted by molar-refractivity contribution is 6.10. The number of rotatable bonds is 6. The molecule has 6 heteroatoms. The molecule has 3 N–H and O–H groups in total. The number of anilines is 1. The molecule has 1 amide bonds. The predicted octanol–water partition coefficient (Wildman–Crippen LogP) is 2.97. The standard InChI is InChI=1S/C24H29N3O3/c1-2-8-27-21-13-18-16(12-20(21)24(6-9-28,7-10-29)23(27)30)11-19-17(18)5-3-4-15-14-25-26-22(15)19/h12-14,28-29H,2-11H2,1H3,(H,25,26). The van der Waals surface area contributed by atoms with E-state index in [-0.39, 0.29) is 19.1 Å². The van der Waals surface area contributed by atoms with Gasteiger partial charge in [-0.2, -0.15) is 5.10 Å². The third-order valence-electron chi connectivity index (χ3n) is 7.14. The Kier molecular flexibility index (Phi) is 4.79. The van der Waals surface area contributed by atoms with Crippen molar-refractivity contribution in [1.29, 1.82) is 0 Å². The molecule has 2 heterocycles. The topological polar surface area (TPSA) is 89.5 Å². The van der Waals surface area contributed by atoms with Crippen LogP contribution in [0.3, 0.4) is 0 Å². The lowest BCUT2D eigenvalue weighted by molar-refractivity contribution is -0.124. The Morgan fingerprint density at radius 3 is 2.67 bits per heavy atom. The van der Waals surface area contributed by atoms with Crippen LogP contribution in [0.1, 0.15) is 67.0 Å². The summed E-state index contributed by atoms with van der Waals surface area (Å²) in [5, 5.41) is 27.2. The van der Waals surface area contributed by atoms with Crippen molar-refractivity contribution in [2.75, 3.05) is 24.7 Å². The lowest BCUT2D eigenvalue weighted by Gasteiger charge is -2.27. The van der Waals surface area contributed by atoms with Crippen molar-refractivity contribution in [1.82, 2.24) is 10.2 Å². The van der Waals surface area contributed by atoms with E-state index >= 15 is 0 Å². The lowest BCUT2D eigenvalue weighted by Crippen LogP contribution is -2.42. The highest BCUT2D eigenvalue weighted by Gasteiger charge is 2.50. The van der Waals surface area contributed by atoms with E-state index in [9.17, 15) is 15.0 Å². The molecule has 6 nitrogen and oxygen atoms in total. The summed E-state index contributed by atoms with van der Waals surface area (Å²) < 4.78 is 0. The molecule has 0 radical (unpaired) electrons. The molecule has 0 bridgehead atoms. The number of fused-ring (bicyclic) bond motifs is 5. The van der Waals surface area contributed by atoms with Crippen molar-refractivity contribution in [3.05, 3.63) is 46.3 Å². The predicted molar refractivity (Wildman–Crippen MR) is 116 cm³/mol. The average Bonchev–Trinajstić information content (AvgIpc) is 3.36. The van der Waals surface area contributed by atoms with E-state index < -0.39 is 5.41 Å². The van der Waals surface area contributed by atoms with Gasteiger partial charge in [-0.05, 0) is 78.0 Å². The molecule has 5 rings (SSSR count). The number of aromatic amines is 1. The van der Waals surface area contributed by atoms with E-state index in [1.807, 2.05) is 11.1 Å². The van der Waals surface area contributed by atoms with Crippen molar-refractivity contribution in [2.24, 2.45) is 0 Å². The van der Waals surface area contributed by atoms with Gasteiger partial charge in [0.05, 0.1) is 11.1 Å². The molecule has 0 fully saturated rings. The van der Waals surface area contributed by atoms with E-state index in [0.717, 1.165) is 49.0 Å². The summed E-state index contributed by atoms with van der Waals surface area (Å²) >= 11 is 0. The minimum atomic E-state index is -0.833. The maximum atomic E-state index is 13.5. The van der Waals surface area contributed by atoms with E-state index in [0.29, 0.717) is 19.4 Å². The van der Waals surface area contributed by atoms with Gasteiger partial charge in [-0.3, -0.25) is 9.89 Å². The second-order valence-corrected chi connectivity index (χ2v) is 8.76. The number of nitrogens with one attached hydrogen (secondary N) is 1. The Balaban J connectivity index is 1.67. The average molecular weight is 408 g/mol. The molecule has 158 valence electrons. The van der Waals surface area contributed by atoms with Gasteiger partial charge in [-0.25, -0.2) is 0 Å². The maximum Gasteiger partial charge on any atom is 0.237 e. The molecule has 0 atom stereocenters. The fraction of sp³-hybridized carbons (Fsp3) is 0.500. The number of hydrogen-bond donors (Lipinski definition) is 3. The number of nitrogens with zero attached hydrogens (tertiary/aromatic N) is 2. The summed E-state index contributed by atoms with van der Waals surface area (Å²) in [6.45, 7) is 2.57. The van der Waals surface area contributed by atoms with Crippen LogP contribution in [0.25, 0.3) is 11.1 Å². The molecule has 2 aliphatic carbocycles. The first-order valence-electron chi connectivity index (χ1n) is 11.1. The number of aliphatic hydroxyl groups excluding tert-OH is 2. The number of H-pyrrole nitrogens is 1. The van der Waals surface area contributed by atoms with E-state index in [4.69, 9.17) is 0 Å². The van der Waals surface area contributed by atoms with Crippen molar-refractivity contribution >= 4 is 22.7 Å². The summed E-state index contributed by atoms with van der Waals surface area (Å²) in [6.07, 6.45) is 7.55. The van der Waals surface area contributed by atoms with Crippen LogP contribution in [0.2, 0.25) is 0 Å². The molecule has 0 spiro atoms. The summed E-state index contributed by atoms with van der Waals surface area (Å²) in [6, 6.07) is 4.39. The van der Waals surface area contributed by atoms with Crippen molar-refractivity contribution in [2.45, 2.75) is 57.3 Å². The van der Waals surface area contributed by atoms with Gasteiger partial charge in [0.2, 0.25) is 5.91 Å². The van der Waals surface area contributed by atoms with Gasteiger partial charge < -0.3 is 15.1 Å². The first-order valence-corrected chi connectivity index (χ1v) is 11.1. The third kappa shape index (κ3) is 2.63. The number of aryl methyl sites for hydroxylation is 1. The Morgan fingerprint density at radius 2 is 1.93 bits per heavy atom. The van der Waals surface area contributed by atoms with Gasteiger partial charge in [0.1, 0.15) is 0 Å². The van der Waals surface area contributed by atoms with Crippen molar-refractivity contribution in [3.8, 4) is 0 Å². The highest BCUT2D eigenvalue weighted by atomic mass is 16.3. The fourth-order valence-corrected chi connectivity index (χ4v) is 5.78. The number of amides is 1. The zero-order valence-electron chi connectivity index (χ0n) is 17.5. The Labute approximate surface area is 176 Å². The molecule has 1 aromatic heterocycles. The number of allylic oxidation sites excluding steroid dienone is 2. The SMILES string of the molecule is CCCN1C(=O)C(CCO)(CCO)c2cc3c(cc21)C1=C(C3)c2n[nH]cc2CCC1. The second kappa shape index (κ2) is 7.36. The molecule has 1 aliphatic heterocycles. The summed E-state index contributed by atoms with van der Waals surface area (Å²) in [5.41, 5.74) is 8.65. The normalized spacial score (nSPS) is 18.9. The van der Waals surface area contributed by atoms with Crippen LogP contribution in [-0.2, 0) is 23.1 Å². The van der Waals surface area contributed by atoms with E-state index in [1.54, 1.807) is 0 Å². The van der Waals surface area contributed by atoms with Crippen molar-refractivity contribution in [3.63, 3.8) is 0 Å². The number of benzene rings is 1. The van der Waals surface area contributed by atoms with Crippen LogP contribution in [0.15, 0.2) is 18.3 Å². The number of aliphatic hydroxyl groups is 2. The molecule has 0 saturated heterocycles. The van der Waals surface area contributed by atoms with Crippen LogP contribution in [-0.4, -0.2) is 46.1 Å². The molecule has 0 unspecified atom stereocenters. The van der Waals surface area contributed by atoms with Crippen LogP contribution in [0.5, 0.6) is 0 Å². The summed E-state index contributed by atoms with van der Waals surface area (Å²) in [5.74, 6) is 0.0239. The van der Waals surface area contributed by atoms with E-state index in [2.05, 4.69) is 29.3 Å². The maximum absolute atomic E-state index is 13.5. The van der Waals surface area contributed by atoms with Crippen LogP contribution >= 0.6 is 0 Å². The van der Waals surface area contributed by atoms with Crippen LogP contribution < -0.4 is 4.90 Å². The molecular formula is C24H29N3O3. The van der Waals surface area contributed by atoms with Crippen molar-refractivity contribution < 1.29 is 15.0 Å². The zero-order chi connectivity index (χ0) is 20.9. The number of hydrogen-bond acceptors (Lipinski definition) is 4. The molecule has 3 aliphatic rings. The third-order valence-corrected chi connectivity index (χ3v) is 7.14. The first-order chi connectivity index (χ1) is 14.6. The van der Waals surface area contributed by atoms with Gasteiger partial charge in [-0.1, -0.05) is 13.0 Å². The fourth-order valence-electron chi connectivity index (χ4n) is 5.78. The summed E-state index contributed by atoms with van der Waals surface area (Å²) in [7, 11) is 0. The van der Waals surface area contributed by atoms with Gasteiger partial charge in [0, 0.05) is 38.1 Å². The Morgan fingerprint density at radius 1 is 1.13 bits per heavy atom. The minimum absolute atomic E-state index is 0.0239. The number of carbonyl (C=O) groups excluding carboxylic acids is 1. The van der Waals surface area contributed by atoms with Gasteiger partial charge in [-0.15, -0.1) is 0 Å². The largest absolute Gasteiger partial charge is 0.396 e. The van der Waals surface area contributed by atoms with Gasteiger partial charge in [0.15, 0.2) is 0 Å². The second-order valence-electron chi connectivity index (χ2n) is 8.76. The van der Waals surface area contributed by atoms with Crippen LogP contribution in [0.4, 0.5) is 5.69 Å². The lowest BCUT2D eigenvalue weighted by atomic mass is 9.75.